The van der Waals surface area contributed by atoms with Gasteiger partial charge in [0.2, 0.25) is 5.95 Å². The smallest absolute Gasteiger partial charge is 0.315 e. The molecule has 0 aliphatic heterocycles. The summed E-state index contributed by atoms with van der Waals surface area (Å²) in [5.74, 6) is -0.813. The van der Waals surface area contributed by atoms with E-state index in [1.165, 1.54) is 4.57 Å². The third kappa shape index (κ3) is 3.13. The van der Waals surface area contributed by atoms with Gasteiger partial charge in [0.25, 0.3) is 11.5 Å². The Kier molecular flexibility index (Phi) is 4.09. The van der Waals surface area contributed by atoms with Crippen molar-refractivity contribution in [1.82, 2.24) is 14.5 Å². The predicted molar refractivity (Wildman–Crippen MR) is 83.4 cm³/mol. The lowest BCUT2D eigenvalue weighted by molar-refractivity contribution is -0.138. The lowest BCUT2D eigenvalue weighted by atomic mass is 10.0. The zero-order chi connectivity index (χ0) is 18.4. The molecule has 1 atom stereocenters. The molecule has 0 fully saturated rings. The molecule has 1 aliphatic carbocycles. The first-order chi connectivity index (χ1) is 11.7. The Hall–Kier alpha value is -2.71. The average molecular weight is 352 g/mol. The number of nitrogens with one attached hydrogen (secondary N) is 1. The van der Waals surface area contributed by atoms with Crippen LogP contribution in [0.2, 0.25) is 0 Å². The molecule has 2 aromatic rings. The second kappa shape index (κ2) is 5.98. The van der Waals surface area contributed by atoms with Crippen molar-refractivity contribution in [2.75, 3.05) is 5.32 Å². The minimum Gasteiger partial charge on any atom is -0.315 e. The number of fused-ring (bicyclic) bond motifs is 1. The Labute approximate surface area is 140 Å². The van der Waals surface area contributed by atoms with Gasteiger partial charge in [0.1, 0.15) is 5.56 Å². The summed E-state index contributed by atoms with van der Waals surface area (Å²) in [6, 6.07) is 1.55. The molecule has 2 heterocycles. The minimum atomic E-state index is -4.56. The first-order valence-corrected chi connectivity index (χ1v) is 7.62. The topological polar surface area (TPSA) is 76.9 Å². The van der Waals surface area contributed by atoms with Gasteiger partial charge in [-0.05, 0) is 30.4 Å². The fraction of sp³-hybridized carbons (Fsp3) is 0.375. The van der Waals surface area contributed by atoms with Crippen molar-refractivity contribution < 1.29 is 18.0 Å². The zero-order valence-corrected chi connectivity index (χ0v) is 13.5. The molecule has 25 heavy (non-hydrogen) atoms. The molecule has 2 aromatic heterocycles. The number of amides is 1. The van der Waals surface area contributed by atoms with E-state index in [1.807, 2.05) is 6.92 Å². The van der Waals surface area contributed by atoms with Crippen LogP contribution in [0.25, 0.3) is 0 Å². The van der Waals surface area contributed by atoms with Crippen LogP contribution < -0.4 is 10.9 Å². The highest BCUT2D eigenvalue weighted by atomic mass is 19.4. The molecule has 132 valence electrons. The molecule has 9 heteroatoms. The lowest BCUT2D eigenvalue weighted by Gasteiger charge is -2.12. The molecular weight excluding hydrogens is 337 g/mol. The van der Waals surface area contributed by atoms with E-state index in [4.69, 9.17) is 0 Å². The summed E-state index contributed by atoms with van der Waals surface area (Å²) < 4.78 is 38.9. The Bertz CT molecular complexity index is 888. The number of rotatable bonds is 2. The zero-order valence-electron chi connectivity index (χ0n) is 13.5. The first kappa shape index (κ1) is 17.1. The van der Waals surface area contributed by atoms with Gasteiger partial charge in [0.15, 0.2) is 0 Å². The Morgan fingerprint density at radius 2 is 1.96 bits per heavy atom. The van der Waals surface area contributed by atoms with Crippen molar-refractivity contribution >= 4 is 11.9 Å². The van der Waals surface area contributed by atoms with Gasteiger partial charge in [-0.15, -0.1) is 0 Å². The van der Waals surface area contributed by atoms with Crippen LogP contribution in [0.4, 0.5) is 19.1 Å². The van der Waals surface area contributed by atoms with Crippen LogP contribution in [0, 0.1) is 0 Å². The van der Waals surface area contributed by atoms with Crippen molar-refractivity contribution in [2.24, 2.45) is 7.05 Å². The van der Waals surface area contributed by atoms with Crippen LogP contribution in [0.1, 0.15) is 46.4 Å². The van der Waals surface area contributed by atoms with Crippen LogP contribution in [0.5, 0.6) is 0 Å². The Morgan fingerprint density at radius 1 is 1.32 bits per heavy atom. The highest BCUT2D eigenvalue weighted by Crippen LogP contribution is 2.32. The van der Waals surface area contributed by atoms with Gasteiger partial charge in [0.05, 0.1) is 5.56 Å². The fourth-order valence-electron chi connectivity index (χ4n) is 2.92. The summed E-state index contributed by atoms with van der Waals surface area (Å²) in [6.07, 6.45) is -1.74. The van der Waals surface area contributed by atoms with Crippen LogP contribution in [0.15, 0.2) is 23.3 Å². The molecule has 0 bridgehead atoms. The van der Waals surface area contributed by atoms with Crippen molar-refractivity contribution in [3.05, 3.63) is 51.2 Å². The molecule has 1 unspecified atom stereocenters. The molecular formula is C16H15F3N4O2. The van der Waals surface area contributed by atoms with Gasteiger partial charge < -0.3 is 4.57 Å². The Morgan fingerprint density at radius 3 is 2.56 bits per heavy atom. The van der Waals surface area contributed by atoms with E-state index in [1.54, 1.807) is 13.1 Å². The molecule has 1 N–H and O–H groups in total. The van der Waals surface area contributed by atoms with Gasteiger partial charge in [0, 0.05) is 25.1 Å². The third-order valence-corrected chi connectivity index (χ3v) is 4.37. The number of anilines is 1. The SMILES string of the molecule is CC1CCc2c1cc(C(=O)Nc1ncc(C(F)(F)F)cn1)c(=O)n2C. The van der Waals surface area contributed by atoms with Gasteiger partial charge in [-0.3, -0.25) is 14.9 Å². The summed E-state index contributed by atoms with van der Waals surface area (Å²) in [7, 11) is 1.60. The lowest BCUT2D eigenvalue weighted by Crippen LogP contribution is -2.30. The molecule has 0 spiro atoms. The van der Waals surface area contributed by atoms with Crippen molar-refractivity contribution in [1.29, 1.82) is 0 Å². The van der Waals surface area contributed by atoms with Crippen LogP contribution >= 0.6 is 0 Å². The molecule has 0 aromatic carbocycles. The largest absolute Gasteiger partial charge is 0.419 e. The van der Waals surface area contributed by atoms with Crippen molar-refractivity contribution in [3.63, 3.8) is 0 Å². The molecule has 1 amide bonds. The second-order valence-electron chi connectivity index (χ2n) is 6.01. The average Bonchev–Trinajstić information content (AvgIpc) is 2.91. The van der Waals surface area contributed by atoms with E-state index in [-0.39, 0.29) is 17.4 Å². The number of alkyl halides is 3. The number of aromatic nitrogens is 3. The van der Waals surface area contributed by atoms with Crippen LogP contribution in [-0.4, -0.2) is 20.4 Å². The summed E-state index contributed by atoms with van der Waals surface area (Å²) >= 11 is 0. The number of carbonyl (C=O) groups is 1. The molecule has 0 saturated heterocycles. The minimum absolute atomic E-state index is 0.0847. The van der Waals surface area contributed by atoms with Gasteiger partial charge in [-0.1, -0.05) is 6.92 Å². The summed E-state index contributed by atoms with van der Waals surface area (Å²) in [6.45, 7) is 2.01. The maximum Gasteiger partial charge on any atom is 0.419 e. The number of nitrogens with zero attached hydrogens (tertiary/aromatic N) is 3. The van der Waals surface area contributed by atoms with E-state index in [9.17, 15) is 22.8 Å². The predicted octanol–water partition coefficient (Wildman–Crippen LogP) is 2.50. The quantitative estimate of drug-likeness (QED) is 0.901. The third-order valence-electron chi connectivity index (χ3n) is 4.37. The number of hydrogen-bond donors (Lipinski definition) is 1. The normalized spacial score (nSPS) is 16.6. The maximum absolute atomic E-state index is 12.5. The number of pyridine rings is 1. The number of halogens is 3. The highest BCUT2D eigenvalue weighted by Gasteiger charge is 2.31. The number of hydrogen-bond acceptors (Lipinski definition) is 4. The van der Waals surface area contributed by atoms with Gasteiger partial charge in [-0.2, -0.15) is 13.2 Å². The standard InChI is InChI=1S/C16H15F3N4O2/c1-8-3-4-12-10(8)5-11(14(25)23(12)2)13(24)22-15-20-6-9(7-21-15)16(17,18)19/h5-8H,3-4H2,1-2H3,(H,20,21,22,24). The van der Waals surface area contributed by atoms with Crippen LogP contribution in [0.3, 0.4) is 0 Å². The monoisotopic (exact) mass is 352 g/mol. The second-order valence-corrected chi connectivity index (χ2v) is 6.01. The maximum atomic E-state index is 12.5. The van der Waals surface area contributed by atoms with Gasteiger partial charge in [-0.25, -0.2) is 9.97 Å². The van der Waals surface area contributed by atoms with E-state index in [2.05, 4.69) is 15.3 Å². The highest BCUT2D eigenvalue weighted by molar-refractivity contribution is 6.03. The first-order valence-electron chi connectivity index (χ1n) is 7.62. The molecule has 3 rings (SSSR count). The van der Waals surface area contributed by atoms with Crippen molar-refractivity contribution in [3.8, 4) is 0 Å². The summed E-state index contributed by atoms with van der Waals surface area (Å²) in [5, 5.41) is 2.27. The molecule has 0 saturated carbocycles. The fourth-order valence-corrected chi connectivity index (χ4v) is 2.92. The van der Waals surface area contributed by atoms with E-state index >= 15 is 0 Å². The van der Waals surface area contributed by atoms with Crippen LogP contribution in [-0.2, 0) is 19.6 Å². The summed E-state index contributed by atoms with van der Waals surface area (Å²) in [4.78, 5) is 31.7. The molecule has 1 aliphatic rings. The molecule has 6 nitrogen and oxygen atoms in total. The Balaban J connectivity index is 1.88. The summed E-state index contributed by atoms with van der Waals surface area (Å²) in [5.41, 5.74) is 0.268. The van der Waals surface area contributed by atoms with E-state index < -0.39 is 23.2 Å². The van der Waals surface area contributed by atoms with E-state index in [0.29, 0.717) is 12.4 Å². The molecule has 0 radical (unpaired) electrons. The van der Waals surface area contributed by atoms with E-state index in [0.717, 1.165) is 24.1 Å². The van der Waals surface area contributed by atoms with Gasteiger partial charge >= 0.3 is 6.18 Å². The number of carbonyl (C=O) groups excluding carboxylic acids is 1. The van der Waals surface area contributed by atoms with Crippen molar-refractivity contribution in [2.45, 2.75) is 31.9 Å².